The Balaban J connectivity index is 4.95. The molecule has 98 valence electrons. The third-order valence-corrected chi connectivity index (χ3v) is 7.12. The number of hydrogen-bond acceptors (Lipinski definition) is 4. The third-order valence-electron chi connectivity index (χ3n) is 2.35. The van der Waals surface area contributed by atoms with Gasteiger partial charge in [0.1, 0.15) is 0 Å². The molecule has 0 rings (SSSR count). The molecule has 0 unspecified atom stereocenters. The molecule has 0 aliphatic rings. The number of sulfone groups is 1. The lowest BCUT2D eigenvalue weighted by molar-refractivity contribution is 0.399. The van der Waals surface area contributed by atoms with Gasteiger partial charge in [-0.15, -0.1) is 0 Å². The summed E-state index contributed by atoms with van der Waals surface area (Å²) in [6, 6.07) is 0. The standard InChI is InChI=1S/C8H18BrNO4S2/c1-4-8(5-2,6-9)10-16(13,14)7-15(3,11)12/h10H,4-7H2,1-3H3. The van der Waals surface area contributed by atoms with E-state index in [-0.39, 0.29) is 0 Å². The predicted molar refractivity (Wildman–Crippen MR) is 68.9 cm³/mol. The van der Waals surface area contributed by atoms with E-state index in [0.29, 0.717) is 18.2 Å². The van der Waals surface area contributed by atoms with Crippen LogP contribution >= 0.6 is 15.9 Å². The van der Waals surface area contributed by atoms with Gasteiger partial charge in [-0.2, -0.15) is 0 Å². The van der Waals surface area contributed by atoms with Gasteiger partial charge in [-0.25, -0.2) is 21.6 Å². The first-order valence-corrected chi connectivity index (χ1v) is 9.68. The van der Waals surface area contributed by atoms with Gasteiger partial charge >= 0.3 is 0 Å². The van der Waals surface area contributed by atoms with Crippen molar-refractivity contribution in [3.05, 3.63) is 0 Å². The predicted octanol–water partition coefficient (Wildman–Crippen LogP) is 0.862. The first-order valence-electron chi connectivity index (χ1n) is 4.85. The van der Waals surface area contributed by atoms with E-state index in [4.69, 9.17) is 0 Å². The van der Waals surface area contributed by atoms with Crippen molar-refractivity contribution in [3.8, 4) is 0 Å². The minimum Gasteiger partial charge on any atom is -0.228 e. The maximum atomic E-state index is 11.6. The van der Waals surface area contributed by atoms with Crippen molar-refractivity contribution in [2.45, 2.75) is 32.2 Å². The molecular formula is C8H18BrNO4S2. The molecule has 0 fully saturated rings. The Morgan fingerprint density at radius 3 is 1.81 bits per heavy atom. The molecule has 0 heterocycles. The molecular weight excluding hydrogens is 318 g/mol. The summed E-state index contributed by atoms with van der Waals surface area (Å²) >= 11 is 3.25. The molecule has 0 aromatic carbocycles. The van der Waals surface area contributed by atoms with Crippen LogP contribution in [0.3, 0.4) is 0 Å². The smallest absolute Gasteiger partial charge is 0.226 e. The molecule has 0 bridgehead atoms. The van der Waals surface area contributed by atoms with Gasteiger partial charge in [0.15, 0.2) is 14.9 Å². The van der Waals surface area contributed by atoms with E-state index in [1.165, 1.54) is 0 Å². The molecule has 0 spiro atoms. The molecule has 0 saturated carbocycles. The molecule has 0 aromatic heterocycles. The summed E-state index contributed by atoms with van der Waals surface area (Å²) in [5, 5.41) is -0.412. The zero-order valence-corrected chi connectivity index (χ0v) is 12.9. The van der Waals surface area contributed by atoms with Crippen LogP contribution in [0.1, 0.15) is 26.7 Å². The van der Waals surface area contributed by atoms with Crippen molar-refractivity contribution < 1.29 is 16.8 Å². The topological polar surface area (TPSA) is 80.3 Å². The van der Waals surface area contributed by atoms with Gasteiger partial charge in [0.2, 0.25) is 10.0 Å². The first-order chi connectivity index (χ1) is 7.10. The average Bonchev–Trinajstić information content (AvgIpc) is 2.10. The first kappa shape index (κ1) is 16.3. The molecule has 0 atom stereocenters. The monoisotopic (exact) mass is 335 g/mol. The third kappa shape index (κ3) is 5.60. The summed E-state index contributed by atoms with van der Waals surface area (Å²) in [5.74, 6) is 0. The van der Waals surface area contributed by atoms with Crippen molar-refractivity contribution in [3.63, 3.8) is 0 Å². The zero-order chi connectivity index (χ0) is 13.0. The summed E-state index contributed by atoms with van der Waals surface area (Å²) in [5.41, 5.74) is -0.608. The highest BCUT2D eigenvalue weighted by molar-refractivity contribution is 9.09. The molecule has 0 aromatic rings. The Morgan fingerprint density at radius 2 is 1.56 bits per heavy atom. The second-order valence-electron chi connectivity index (χ2n) is 3.88. The highest BCUT2D eigenvalue weighted by atomic mass is 79.9. The molecule has 0 amide bonds. The van der Waals surface area contributed by atoms with Crippen molar-refractivity contribution in [2.24, 2.45) is 0 Å². The highest BCUT2D eigenvalue weighted by Gasteiger charge is 2.31. The fourth-order valence-corrected chi connectivity index (χ4v) is 5.88. The summed E-state index contributed by atoms with van der Waals surface area (Å²) < 4.78 is 47.6. The number of rotatable bonds is 7. The normalized spacial score (nSPS) is 14.0. The van der Waals surface area contributed by atoms with E-state index in [0.717, 1.165) is 6.26 Å². The largest absolute Gasteiger partial charge is 0.228 e. The summed E-state index contributed by atoms with van der Waals surface area (Å²) in [7, 11) is -7.35. The molecule has 16 heavy (non-hydrogen) atoms. The molecule has 0 saturated heterocycles. The van der Waals surface area contributed by atoms with Crippen LogP contribution in [-0.2, 0) is 19.9 Å². The summed E-state index contributed by atoms with van der Waals surface area (Å²) in [4.78, 5) is 0. The fourth-order valence-electron chi connectivity index (χ4n) is 1.25. The second kappa shape index (κ2) is 5.79. The second-order valence-corrected chi connectivity index (χ2v) is 8.67. The number of hydrogen-bond donors (Lipinski definition) is 1. The van der Waals surface area contributed by atoms with Gasteiger partial charge in [0.25, 0.3) is 0 Å². The summed E-state index contributed by atoms with van der Waals surface area (Å²) in [6.07, 6.45) is 2.09. The summed E-state index contributed by atoms with van der Waals surface area (Å²) in [6.45, 7) is 3.71. The minimum absolute atomic E-state index is 0.454. The van der Waals surface area contributed by atoms with Crippen molar-refractivity contribution in [1.82, 2.24) is 4.72 Å². The van der Waals surface area contributed by atoms with E-state index in [1.54, 1.807) is 0 Å². The Bertz CT molecular complexity index is 403. The molecule has 0 aliphatic heterocycles. The SMILES string of the molecule is CCC(CC)(CBr)NS(=O)(=O)CS(C)(=O)=O. The Kier molecular flexibility index (Phi) is 5.91. The maximum Gasteiger partial charge on any atom is 0.226 e. The van der Waals surface area contributed by atoms with Crippen molar-refractivity contribution in [2.75, 3.05) is 16.7 Å². The van der Waals surface area contributed by atoms with Crippen LogP contribution in [0, 0.1) is 0 Å². The van der Waals surface area contributed by atoms with Crippen LogP contribution in [-0.4, -0.2) is 39.0 Å². The Morgan fingerprint density at radius 1 is 1.12 bits per heavy atom. The molecule has 8 heteroatoms. The van der Waals surface area contributed by atoms with Crippen LogP contribution in [0.25, 0.3) is 0 Å². The number of halogens is 1. The van der Waals surface area contributed by atoms with Gasteiger partial charge in [-0.05, 0) is 12.8 Å². The Hall–Kier alpha value is 0.340. The van der Waals surface area contributed by atoms with Gasteiger partial charge in [0.05, 0.1) is 0 Å². The highest BCUT2D eigenvalue weighted by Crippen LogP contribution is 2.19. The fraction of sp³-hybridized carbons (Fsp3) is 1.00. The average molecular weight is 336 g/mol. The lowest BCUT2D eigenvalue weighted by Gasteiger charge is -2.30. The van der Waals surface area contributed by atoms with Crippen LogP contribution in [0.5, 0.6) is 0 Å². The quantitative estimate of drug-likeness (QED) is 0.700. The van der Waals surface area contributed by atoms with Gasteiger partial charge in [0, 0.05) is 17.1 Å². The number of alkyl halides is 1. The van der Waals surface area contributed by atoms with Crippen LogP contribution in [0.4, 0.5) is 0 Å². The Labute approximate surface area is 106 Å². The van der Waals surface area contributed by atoms with E-state index in [9.17, 15) is 16.8 Å². The zero-order valence-electron chi connectivity index (χ0n) is 9.66. The van der Waals surface area contributed by atoms with Crippen molar-refractivity contribution >= 4 is 35.8 Å². The molecule has 0 radical (unpaired) electrons. The van der Waals surface area contributed by atoms with Crippen molar-refractivity contribution in [1.29, 1.82) is 0 Å². The maximum absolute atomic E-state index is 11.6. The van der Waals surface area contributed by atoms with Crippen LogP contribution < -0.4 is 4.72 Å². The molecule has 5 nitrogen and oxygen atoms in total. The van der Waals surface area contributed by atoms with E-state index in [2.05, 4.69) is 20.7 Å². The minimum atomic E-state index is -3.80. The molecule has 1 N–H and O–H groups in total. The van der Waals surface area contributed by atoms with Crippen LogP contribution in [0.15, 0.2) is 0 Å². The lowest BCUT2D eigenvalue weighted by Crippen LogP contribution is -2.50. The van der Waals surface area contributed by atoms with Gasteiger partial charge in [-0.3, -0.25) is 0 Å². The van der Waals surface area contributed by atoms with E-state index >= 15 is 0 Å². The lowest BCUT2D eigenvalue weighted by atomic mass is 9.97. The van der Waals surface area contributed by atoms with Crippen LogP contribution in [0.2, 0.25) is 0 Å². The number of sulfonamides is 1. The van der Waals surface area contributed by atoms with Gasteiger partial charge in [-0.1, -0.05) is 29.8 Å². The van der Waals surface area contributed by atoms with Gasteiger partial charge < -0.3 is 0 Å². The van der Waals surface area contributed by atoms with E-state index in [1.807, 2.05) is 13.8 Å². The number of nitrogens with one attached hydrogen (secondary N) is 1. The molecule has 0 aliphatic carbocycles. The van der Waals surface area contributed by atoms with E-state index < -0.39 is 30.5 Å².